The maximum absolute atomic E-state index is 14.5. The highest BCUT2D eigenvalue weighted by Gasteiger charge is 2.36. The smallest absolute Gasteiger partial charge is 0.408 e. The lowest BCUT2D eigenvalue weighted by Gasteiger charge is -2.43. The zero-order valence-corrected chi connectivity index (χ0v) is 42.7. The highest BCUT2D eigenvalue weighted by Crippen LogP contribution is 2.54. The van der Waals surface area contributed by atoms with Crippen molar-refractivity contribution >= 4 is 91.0 Å². The van der Waals surface area contributed by atoms with Crippen molar-refractivity contribution in [2.24, 2.45) is 0 Å². The molecule has 1 unspecified atom stereocenters. The van der Waals surface area contributed by atoms with E-state index in [0.717, 1.165) is 104 Å². The minimum Gasteiger partial charge on any atom is -0.408 e. The van der Waals surface area contributed by atoms with Crippen LogP contribution in [0.2, 0.25) is 0 Å². The number of anilines is 5. The summed E-state index contributed by atoms with van der Waals surface area (Å²) in [6.07, 6.45) is 3.71. The Bertz CT molecular complexity index is 3140. The Morgan fingerprint density at radius 2 is 1.67 bits per heavy atom. The first-order valence-electron chi connectivity index (χ1n) is 24.8. The predicted molar refractivity (Wildman–Crippen MR) is 275 cm³/mol. The normalized spacial score (nSPS) is 19.3. The van der Waals surface area contributed by atoms with Crippen LogP contribution >= 0.6 is 23.1 Å². The van der Waals surface area contributed by atoms with Crippen LogP contribution in [-0.4, -0.2) is 112 Å². The Morgan fingerprint density at radius 3 is 2.39 bits per heavy atom. The molecule has 2 amide bonds. The Hall–Kier alpha value is -5.82. The van der Waals surface area contributed by atoms with Gasteiger partial charge in [0, 0.05) is 105 Å². The summed E-state index contributed by atoms with van der Waals surface area (Å²) in [7, 11) is -2.77. The first-order chi connectivity index (χ1) is 34.6. The molecule has 6 aromatic rings. The molecule has 21 heteroatoms. The number of hydrogen-bond acceptors (Lipinski definition) is 14. The number of fused-ring (bicyclic) bond motifs is 2. The molecule has 0 radical (unpaired) electrons. The highest BCUT2D eigenvalue weighted by atomic mass is 79.9. The summed E-state index contributed by atoms with van der Waals surface area (Å²) < 4.78 is 68.9. The van der Waals surface area contributed by atoms with Crippen molar-refractivity contribution < 1.29 is 36.5 Å². The van der Waals surface area contributed by atoms with Gasteiger partial charge in [-0.2, -0.15) is 4.98 Å². The Kier molecular flexibility index (Phi) is 14.2. The van der Waals surface area contributed by atoms with Gasteiger partial charge >= 0.3 is 12.1 Å². The lowest BCUT2D eigenvalue weighted by atomic mass is 9.99. The number of nitrogens with zero attached hydrogens (tertiary/aromatic N) is 7. The van der Waals surface area contributed by atoms with E-state index in [1.54, 1.807) is 12.1 Å². The highest BCUT2D eigenvalue weighted by molar-refractivity contribution is 9.10. The number of hydrogen-bond donors (Lipinski definition) is 3. The molecule has 0 bridgehead atoms. The number of piperazine rings is 1. The average Bonchev–Trinajstić information content (AvgIpc) is 3.96. The molecule has 3 N–H and O–H groups in total. The van der Waals surface area contributed by atoms with Crippen LogP contribution in [0.4, 0.5) is 42.0 Å². The van der Waals surface area contributed by atoms with Crippen LogP contribution in [0.5, 0.6) is 5.75 Å². The van der Waals surface area contributed by atoms with Crippen molar-refractivity contribution in [2.75, 3.05) is 73.7 Å². The van der Waals surface area contributed by atoms with E-state index in [1.807, 2.05) is 50.2 Å². The fraction of sp³-hybridized carbons (Fsp3) is 0.451. The number of pyridine rings is 1. The summed E-state index contributed by atoms with van der Waals surface area (Å²) in [6.45, 7) is 9.75. The summed E-state index contributed by atoms with van der Waals surface area (Å²) in [4.78, 5) is 58.0. The Labute approximate surface area is 422 Å². The molecule has 1 atom stereocenters. The zero-order valence-electron chi connectivity index (χ0n) is 40.2. The van der Waals surface area contributed by atoms with Crippen LogP contribution in [0.25, 0.3) is 22.0 Å². The largest absolute Gasteiger partial charge is 0.573 e. The Morgan fingerprint density at radius 1 is 0.889 bits per heavy atom. The van der Waals surface area contributed by atoms with Crippen molar-refractivity contribution in [1.82, 2.24) is 34.6 Å². The molecule has 10 rings (SSSR count). The van der Waals surface area contributed by atoms with Gasteiger partial charge in [0.15, 0.2) is 11.3 Å². The fourth-order valence-electron chi connectivity index (χ4n) is 10.9. The van der Waals surface area contributed by atoms with E-state index in [-0.39, 0.29) is 36.1 Å². The third kappa shape index (κ3) is 10.5. The standard InChI is InChI=1S/C51H57BrF3N10O6P/c1-3-32-28-39(59-49-56-30-36(52)47(61-49)58-38-11-10-37-35(9-8-33(4-2)57-37)46(38)72(69)25-5-6-26-72)43(71-51(53,54)55)29-42(32)64-19-16-34(17-20-64)63-23-21-62(22-24-63)18-15-31-7-12-40-44(27-31)70-50(68)65(40)41-13-14-45(66)60-48(41)67/h7-12,27-30,34,41H,3-6,13-26H2,1-2H3,(H,60,66,67)(H2,56,58,59,61). The minimum absolute atomic E-state index is 0.0446. The van der Waals surface area contributed by atoms with E-state index in [9.17, 15) is 32.1 Å². The van der Waals surface area contributed by atoms with Crippen LogP contribution in [0, 0.1) is 0 Å². The fourth-order valence-corrected chi connectivity index (χ4v) is 14.5. The summed E-state index contributed by atoms with van der Waals surface area (Å²) in [5.41, 5.74) is 5.93. The van der Waals surface area contributed by atoms with Crippen LogP contribution in [0.1, 0.15) is 75.2 Å². The molecule has 72 heavy (non-hydrogen) atoms. The van der Waals surface area contributed by atoms with Crippen molar-refractivity contribution in [3.05, 3.63) is 92.6 Å². The van der Waals surface area contributed by atoms with E-state index >= 15 is 0 Å². The van der Waals surface area contributed by atoms with Gasteiger partial charge in [-0.1, -0.05) is 26.0 Å². The van der Waals surface area contributed by atoms with Gasteiger partial charge < -0.3 is 34.2 Å². The van der Waals surface area contributed by atoms with E-state index in [0.29, 0.717) is 70.6 Å². The number of carbonyl (C=O) groups excluding carboxylic acids is 2. The summed E-state index contributed by atoms with van der Waals surface area (Å²) in [5, 5.41) is 10.3. The number of imide groups is 1. The van der Waals surface area contributed by atoms with Gasteiger partial charge in [-0.25, -0.2) is 9.78 Å². The number of nitrogens with one attached hydrogen (secondary N) is 3. The van der Waals surface area contributed by atoms with E-state index in [1.165, 1.54) is 16.8 Å². The minimum atomic E-state index is -4.96. The van der Waals surface area contributed by atoms with Gasteiger partial charge in [-0.3, -0.25) is 29.4 Å². The lowest BCUT2D eigenvalue weighted by Crippen LogP contribution is -2.53. The number of halogens is 4. The number of amides is 2. The van der Waals surface area contributed by atoms with Gasteiger partial charge in [0.1, 0.15) is 19.0 Å². The maximum atomic E-state index is 14.5. The van der Waals surface area contributed by atoms with Crippen LogP contribution in [-0.2, 0) is 33.4 Å². The molecule has 4 aliphatic heterocycles. The second kappa shape index (κ2) is 20.6. The monoisotopic (exact) mass is 1070 g/mol. The van der Waals surface area contributed by atoms with Crippen molar-refractivity contribution in [2.45, 2.75) is 90.1 Å². The van der Waals surface area contributed by atoms with Gasteiger partial charge in [0.05, 0.1) is 26.9 Å². The SMILES string of the molecule is CCc1ccc2c(P3(=O)CCCC3)c(Nc3nc(Nc4cc(CC)c(N5CCC(N6CCN(CCc7ccc8c(c7)oc(=O)n8C7CCC(=O)NC7=O)CC6)CC5)cc4OC(F)(F)F)ncc3Br)ccc2n1. The number of aromatic nitrogens is 4. The third-order valence-electron chi connectivity index (χ3n) is 14.6. The Balaban J connectivity index is 0.785. The van der Waals surface area contributed by atoms with Gasteiger partial charge in [0.25, 0.3) is 0 Å². The van der Waals surface area contributed by atoms with E-state index in [4.69, 9.17) is 19.1 Å². The van der Waals surface area contributed by atoms with Crippen LogP contribution < -0.4 is 36.6 Å². The number of oxazole rings is 1. The zero-order chi connectivity index (χ0) is 50.3. The molecular weight excluding hydrogens is 1020 g/mol. The summed E-state index contributed by atoms with van der Waals surface area (Å²) >= 11 is 3.55. The van der Waals surface area contributed by atoms with Crippen LogP contribution in [0.15, 0.2) is 74.5 Å². The number of piperidine rings is 2. The van der Waals surface area contributed by atoms with Crippen molar-refractivity contribution in [1.29, 1.82) is 0 Å². The number of ether oxygens (including phenoxy) is 1. The van der Waals surface area contributed by atoms with E-state index < -0.39 is 31.2 Å². The summed E-state index contributed by atoms with van der Waals surface area (Å²) in [5.74, 6) is -1.47. The molecule has 4 aliphatic rings. The molecule has 16 nitrogen and oxygen atoms in total. The molecule has 3 aromatic carbocycles. The molecule has 380 valence electrons. The van der Waals surface area contributed by atoms with Crippen molar-refractivity contribution in [3.8, 4) is 5.75 Å². The van der Waals surface area contributed by atoms with E-state index in [2.05, 4.69) is 51.6 Å². The molecule has 0 saturated carbocycles. The van der Waals surface area contributed by atoms with Crippen LogP contribution in [0.3, 0.4) is 0 Å². The number of alkyl halides is 3. The first-order valence-corrected chi connectivity index (χ1v) is 27.7. The third-order valence-corrected chi connectivity index (χ3v) is 18.6. The molecule has 0 aliphatic carbocycles. The maximum Gasteiger partial charge on any atom is 0.573 e. The summed E-state index contributed by atoms with van der Waals surface area (Å²) in [6, 6.07) is 16.1. The molecule has 0 spiro atoms. The van der Waals surface area contributed by atoms with Gasteiger partial charge in [-0.15, -0.1) is 13.2 Å². The van der Waals surface area contributed by atoms with Gasteiger partial charge in [-0.05, 0) is 115 Å². The molecular formula is C51H57BrF3N10O6P. The number of aryl methyl sites for hydroxylation is 2. The molecule has 7 heterocycles. The lowest BCUT2D eigenvalue weighted by molar-refractivity contribution is -0.274. The van der Waals surface area contributed by atoms with Crippen molar-refractivity contribution in [3.63, 3.8) is 0 Å². The first kappa shape index (κ1) is 49.7. The second-order valence-electron chi connectivity index (χ2n) is 19.1. The molecule has 4 saturated heterocycles. The number of carbonyl (C=O) groups is 2. The second-order valence-corrected chi connectivity index (χ2v) is 23.1. The molecule has 4 fully saturated rings. The number of rotatable bonds is 14. The quantitative estimate of drug-likeness (QED) is 0.0696. The topological polar surface area (TPSA) is 180 Å². The predicted octanol–water partition coefficient (Wildman–Crippen LogP) is 8.79. The number of benzene rings is 3. The average molecular weight is 1070 g/mol. The van der Waals surface area contributed by atoms with Gasteiger partial charge in [0.2, 0.25) is 17.8 Å². The molecule has 3 aromatic heterocycles.